The minimum absolute atomic E-state index is 0.257. The van der Waals surface area contributed by atoms with Gasteiger partial charge in [0.2, 0.25) is 0 Å². The van der Waals surface area contributed by atoms with Crippen molar-refractivity contribution in [2.75, 3.05) is 0 Å². The lowest BCUT2D eigenvalue weighted by molar-refractivity contribution is 0.141. The SMILES string of the molecule is CCCc1ccc(-c2cc(F)c(C(F)F)c(F)c2)cc1. The topological polar surface area (TPSA) is 0 Å². The fraction of sp³-hybridized carbons (Fsp3) is 0.250. The van der Waals surface area contributed by atoms with Gasteiger partial charge in [0, 0.05) is 0 Å². The fourth-order valence-corrected chi connectivity index (χ4v) is 2.11. The van der Waals surface area contributed by atoms with E-state index in [9.17, 15) is 17.6 Å². The standard InChI is InChI=1S/C16H14F4/c1-2-3-10-4-6-11(7-5-10)12-8-13(17)15(16(19)20)14(18)9-12/h4-9,16H,2-3H2,1H3. The van der Waals surface area contributed by atoms with Crippen molar-refractivity contribution in [2.24, 2.45) is 0 Å². The summed E-state index contributed by atoms with van der Waals surface area (Å²) >= 11 is 0. The molecule has 0 saturated carbocycles. The van der Waals surface area contributed by atoms with Crippen LogP contribution in [0, 0.1) is 11.6 Å². The third-order valence-electron chi connectivity index (χ3n) is 3.12. The minimum Gasteiger partial charge on any atom is -0.206 e. The first-order valence-electron chi connectivity index (χ1n) is 6.39. The Kier molecular flexibility index (Phi) is 4.42. The van der Waals surface area contributed by atoms with Crippen LogP contribution in [-0.4, -0.2) is 0 Å². The Bertz CT molecular complexity index is 565. The van der Waals surface area contributed by atoms with E-state index < -0.39 is 23.6 Å². The van der Waals surface area contributed by atoms with Gasteiger partial charge in [-0.25, -0.2) is 17.6 Å². The van der Waals surface area contributed by atoms with E-state index in [2.05, 4.69) is 6.92 Å². The molecule has 0 saturated heterocycles. The molecule has 0 aromatic heterocycles. The van der Waals surface area contributed by atoms with Crippen molar-refractivity contribution in [3.05, 3.63) is 59.2 Å². The molecule has 0 aliphatic heterocycles. The summed E-state index contributed by atoms with van der Waals surface area (Å²) in [6.45, 7) is 2.06. The molecule has 0 nitrogen and oxygen atoms in total. The Morgan fingerprint density at radius 3 is 1.90 bits per heavy atom. The van der Waals surface area contributed by atoms with Crippen molar-refractivity contribution in [2.45, 2.75) is 26.2 Å². The van der Waals surface area contributed by atoms with Crippen LogP contribution in [0.1, 0.15) is 30.9 Å². The molecule has 20 heavy (non-hydrogen) atoms. The second-order valence-electron chi connectivity index (χ2n) is 4.60. The molecular weight excluding hydrogens is 268 g/mol. The molecule has 106 valence electrons. The number of alkyl halides is 2. The Morgan fingerprint density at radius 1 is 0.900 bits per heavy atom. The van der Waals surface area contributed by atoms with Gasteiger partial charge in [-0.3, -0.25) is 0 Å². The molecule has 0 bridgehead atoms. The van der Waals surface area contributed by atoms with Crippen LogP contribution in [-0.2, 0) is 6.42 Å². The summed E-state index contributed by atoms with van der Waals surface area (Å²) in [4.78, 5) is 0. The second-order valence-corrected chi connectivity index (χ2v) is 4.60. The summed E-state index contributed by atoms with van der Waals surface area (Å²) in [5, 5.41) is 0. The van der Waals surface area contributed by atoms with Gasteiger partial charge >= 0.3 is 0 Å². The molecule has 0 aliphatic rings. The van der Waals surface area contributed by atoms with E-state index in [0.717, 1.165) is 30.5 Å². The Balaban J connectivity index is 2.38. The number of hydrogen-bond donors (Lipinski definition) is 0. The molecule has 0 spiro atoms. The predicted molar refractivity (Wildman–Crippen MR) is 70.7 cm³/mol. The number of benzene rings is 2. The summed E-state index contributed by atoms with van der Waals surface area (Å²) in [6.07, 6.45) is -1.23. The van der Waals surface area contributed by atoms with Gasteiger partial charge in [0.15, 0.2) is 0 Å². The van der Waals surface area contributed by atoms with Gasteiger partial charge in [-0.05, 0) is 35.2 Å². The lowest BCUT2D eigenvalue weighted by Crippen LogP contribution is -1.97. The third-order valence-corrected chi connectivity index (χ3v) is 3.12. The smallest absolute Gasteiger partial charge is 0.206 e. The zero-order valence-electron chi connectivity index (χ0n) is 11.0. The molecule has 2 rings (SSSR count). The summed E-state index contributed by atoms with van der Waals surface area (Å²) in [5.74, 6) is -2.43. The molecule has 0 heterocycles. The molecule has 0 atom stereocenters. The molecule has 0 radical (unpaired) electrons. The van der Waals surface area contributed by atoms with Gasteiger partial charge in [-0.1, -0.05) is 37.6 Å². The van der Waals surface area contributed by atoms with E-state index in [4.69, 9.17) is 0 Å². The van der Waals surface area contributed by atoms with Crippen molar-refractivity contribution in [1.82, 2.24) is 0 Å². The molecule has 0 N–H and O–H groups in total. The number of rotatable bonds is 4. The van der Waals surface area contributed by atoms with Crippen LogP contribution in [0.3, 0.4) is 0 Å². The zero-order valence-corrected chi connectivity index (χ0v) is 11.0. The van der Waals surface area contributed by atoms with Crippen LogP contribution in [0.5, 0.6) is 0 Å². The molecule has 0 unspecified atom stereocenters. The Labute approximate surface area is 115 Å². The van der Waals surface area contributed by atoms with Crippen LogP contribution >= 0.6 is 0 Å². The highest BCUT2D eigenvalue weighted by atomic mass is 19.3. The lowest BCUT2D eigenvalue weighted by atomic mass is 10.0. The summed E-state index contributed by atoms with van der Waals surface area (Å²) < 4.78 is 52.0. The van der Waals surface area contributed by atoms with Gasteiger partial charge < -0.3 is 0 Å². The zero-order chi connectivity index (χ0) is 14.7. The van der Waals surface area contributed by atoms with E-state index >= 15 is 0 Å². The molecule has 4 heteroatoms. The average molecular weight is 282 g/mol. The molecule has 2 aromatic rings. The van der Waals surface area contributed by atoms with Crippen molar-refractivity contribution in [1.29, 1.82) is 0 Å². The van der Waals surface area contributed by atoms with Crippen LogP contribution < -0.4 is 0 Å². The average Bonchev–Trinajstić information content (AvgIpc) is 2.38. The van der Waals surface area contributed by atoms with E-state index in [-0.39, 0.29) is 5.56 Å². The van der Waals surface area contributed by atoms with Crippen molar-refractivity contribution < 1.29 is 17.6 Å². The monoisotopic (exact) mass is 282 g/mol. The quantitative estimate of drug-likeness (QED) is 0.647. The maximum atomic E-state index is 13.5. The van der Waals surface area contributed by atoms with E-state index in [1.54, 1.807) is 12.1 Å². The summed E-state index contributed by atoms with van der Waals surface area (Å²) in [5.41, 5.74) is 0.814. The molecule has 0 fully saturated rings. The molecule has 2 aromatic carbocycles. The van der Waals surface area contributed by atoms with Crippen molar-refractivity contribution >= 4 is 0 Å². The number of aryl methyl sites for hydroxylation is 1. The maximum Gasteiger partial charge on any atom is 0.269 e. The maximum absolute atomic E-state index is 13.5. The predicted octanol–water partition coefficient (Wildman–Crippen LogP) is 5.52. The fourth-order valence-electron chi connectivity index (χ4n) is 2.11. The third kappa shape index (κ3) is 3.00. The minimum atomic E-state index is -3.16. The first-order valence-corrected chi connectivity index (χ1v) is 6.39. The summed E-state index contributed by atoms with van der Waals surface area (Å²) in [7, 11) is 0. The van der Waals surface area contributed by atoms with Crippen LogP contribution in [0.2, 0.25) is 0 Å². The second kappa shape index (κ2) is 6.07. The highest BCUT2D eigenvalue weighted by Gasteiger charge is 2.20. The van der Waals surface area contributed by atoms with Gasteiger partial charge in [0.05, 0.1) is 5.56 Å². The molecule has 0 amide bonds. The lowest BCUT2D eigenvalue weighted by Gasteiger charge is -2.08. The van der Waals surface area contributed by atoms with Gasteiger partial charge in [0.25, 0.3) is 6.43 Å². The van der Waals surface area contributed by atoms with E-state index in [1.807, 2.05) is 12.1 Å². The van der Waals surface area contributed by atoms with Crippen molar-refractivity contribution in [3.8, 4) is 11.1 Å². The normalized spacial score (nSPS) is 11.1. The summed E-state index contributed by atoms with van der Waals surface area (Å²) in [6, 6.07) is 9.10. The van der Waals surface area contributed by atoms with Gasteiger partial charge in [-0.15, -0.1) is 0 Å². The van der Waals surface area contributed by atoms with Crippen LogP contribution in [0.25, 0.3) is 11.1 Å². The van der Waals surface area contributed by atoms with Crippen LogP contribution in [0.4, 0.5) is 17.6 Å². The Morgan fingerprint density at radius 2 is 1.45 bits per heavy atom. The first kappa shape index (κ1) is 14.6. The number of hydrogen-bond acceptors (Lipinski definition) is 0. The highest BCUT2D eigenvalue weighted by molar-refractivity contribution is 5.64. The van der Waals surface area contributed by atoms with Crippen molar-refractivity contribution in [3.63, 3.8) is 0 Å². The molecular formula is C16H14F4. The Hall–Kier alpha value is -1.84. The largest absolute Gasteiger partial charge is 0.269 e. The highest BCUT2D eigenvalue weighted by Crippen LogP contribution is 2.30. The van der Waals surface area contributed by atoms with Gasteiger partial charge in [0.1, 0.15) is 11.6 Å². The van der Waals surface area contributed by atoms with Crippen LogP contribution in [0.15, 0.2) is 36.4 Å². The first-order chi connectivity index (χ1) is 9.52. The van der Waals surface area contributed by atoms with Gasteiger partial charge in [-0.2, -0.15) is 0 Å². The molecule has 0 aliphatic carbocycles. The number of halogens is 4. The van der Waals surface area contributed by atoms with E-state index in [0.29, 0.717) is 5.56 Å². The van der Waals surface area contributed by atoms with E-state index in [1.165, 1.54) is 0 Å².